The third-order valence-corrected chi connectivity index (χ3v) is 2.21. The lowest BCUT2D eigenvalue weighted by Crippen LogP contribution is -2.37. The molecule has 0 amide bonds. The first-order valence-corrected chi connectivity index (χ1v) is 5.55. The van der Waals surface area contributed by atoms with Gasteiger partial charge in [-0.3, -0.25) is 14.9 Å². The molecule has 0 saturated carbocycles. The van der Waals surface area contributed by atoms with Crippen LogP contribution in [0.25, 0.3) is 0 Å². The van der Waals surface area contributed by atoms with Crippen molar-refractivity contribution in [3.05, 3.63) is 33.9 Å². The molecule has 9 heteroatoms. The number of carbonyl (C=O) groups is 1. The molecule has 20 heavy (non-hydrogen) atoms. The summed E-state index contributed by atoms with van der Waals surface area (Å²) in [5.74, 6) is -3.71. The molecule has 1 aromatic rings. The fraction of sp³-hybridized carbons (Fsp3) is 0.364. The Labute approximate surface area is 112 Å². The summed E-state index contributed by atoms with van der Waals surface area (Å²) in [5, 5.41) is 10.4. The maximum absolute atomic E-state index is 13.4. The summed E-state index contributed by atoms with van der Waals surface area (Å²) >= 11 is 0. The monoisotopic (exact) mass is 290 g/mol. The van der Waals surface area contributed by atoms with Gasteiger partial charge in [-0.25, -0.2) is 4.39 Å². The zero-order valence-corrected chi connectivity index (χ0v) is 10.5. The molecule has 0 aromatic heterocycles. The van der Waals surface area contributed by atoms with Gasteiger partial charge < -0.3 is 15.2 Å². The van der Waals surface area contributed by atoms with E-state index in [1.165, 1.54) is 0 Å². The van der Waals surface area contributed by atoms with Crippen molar-refractivity contribution in [3.8, 4) is 5.75 Å². The number of carbonyl (C=O) groups excluding carboxylic acids is 1. The van der Waals surface area contributed by atoms with Gasteiger partial charge in [0.05, 0.1) is 17.6 Å². The highest BCUT2D eigenvalue weighted by Gasteiger charge is 2.21. The minimum Gasteiger partial charge on any atom is -0.488 e. The van der Waals surface area contributed by atoms with Crippen molar-refractivity contribution in [3.63, 3.8) is 0 Å². The number of nitro benzene ring substituents is 1. The zero-order valence-electron chi connectivity index (χ0n) is 10.5. The Morgan fingerprint density at radius 1 is 1.45 bits per heavy atom. The van der Waals surface area contributed by atoms with E-state index < -0.39 is 46.6 Å². The van der Waals surface area contributed by atoms with Crippen molar-refractivity contribution in [1.29, 1.82) is 0 Å². The van der Waals surface area contributed by atoms with Crippen LogP contribution in [-0.2, 0) is 9.53 Å². The van der Waals surface area contributed by atoms with E-state index in [0.717, 1.165) is 0 Å². The van der Waals surface area contributed by atoms with Crippen molar-refractivity contribution < 1.29 is 28.0 Å². The van der Waals surface area contributed by atoms with Crippen LogP contribution in [0, 0.1) is 21.7 Å². The molecule has 0 aliphatic heterocycles. The van der Waals surface area contributed by atoms with Gasteiger partial charge in [-0.1, -0.05) is 0 Å². The van der Waals surface area contributed by atoms with Gasteiger partial charge in [0.2, 0.25) is 5.82 Å². The number of hydrogen-bond donors (Lipinski definition) is 1. The van der Waals surface area contributed by atoms with Crippen LogP contribution in [0.15, 0.2) is 12.1 Å². The second-order valence-electron chi connectivity index (χ2n) is 3.66. The summed E-state index contributed by atoms with van der Waals surface area (Å²) in [4.78, 5) is 20.5. The van der Waals surface area contributed by atoms with E-state index in [4.69, 9.17) is 10.5 Å². The van der Waals surface area contributed by atoms with Crippen LogP contribution in [-0.4, -0.2) is 30.1 Å². The summed E-state index contributed by atoms with van der Waals surface area (Å²) in [6.45, 7) is 1.25. The molecule has 110 valence electrons. The van der Waals surface area contributed by atoms with Crippen molar-refractivity contribution in [2.24, 2.45) is 5.73 Å². The summed E-state index contributed by atoms with van der Waals surface area (Å²) < 4.78 is 36.1. The van der Waals surface area contributed by atoms with E-state index in [-0.39, 0.29) is 6.61 Å². The molecule has 0 heterocycles. The van der Waals surface area contributed by atoms with E-state index in [9.17, 15) is 23.7 Å². The predicted octanol–water partition coefficient (Wildman–Crippen LogP) is 1.14. The maximum atomic E-state index is 13.4. The average molecular weight is 290 g/mol. The Kier molecular flexibility index (Phi) is 5.32. The van der Waals surface area contributed by atoms with Crippen molar-refractivity contribution in [2.75, 3.05) is 13.2 Å². The van der Waals surface area contributed by atoms with E-state index in [1.54, 1.807) is 6.92 Å². The molecular formula is C11H12F2N2O5. The Morgan fingerprint density at radius 2 is 2.10 bits per heavy atom. The molecule has 0 saturated heterocycles. The lowest BCUT2D eigenvalue weighted by Gasteiger charge is -2.12. The van der Waals surface area contributed by atoms with Crippen LogP contribution >= 0.6 is 0 Å². The number of hydrogen-bond acceptors (Lipinski definition) is 6. The summed E-state index contributed by atoms with van der Waals surface area (Å²) in [6, 6.07) is -0.265. The first-order chi connectivity index (χ1) is 9.36. The number of esters is 1. The number of halogens is 2. The van der Waals surface area contributed by atoms with Gasteiger partial charge in [0, 0.05) is 6.07 Å². The van der Waals surface area contributed by atoms with Crippen LogP contribution in [0.4, 0.5) is 14.5 Å². The van der Waals surface area contributed by atoms with Crippen molar-refractivity contribution in [2.45, 2.75) is 13.0 Å². The lowest BCUT2D eigenvalue weighted by molar-refractivity contribution is -0.387. The lowest BCUT2D eigenvalue weighted by atomic mass is 10.2. The molecular weight excluding hydrogens is 278 g/mol. The van der Waals surface area contributed by atoms with Gasteiger partial charge in [0.1, 0.15) is 12.6 Å². The Morgan fingerprint density at radius 3 is 2.65 bits per heavy atom. The maximum Gasteiger partial charge on any atom is 0.326 e. The predicted molar refractivity (Wildman–Crippen MR) is 63.1 cm³/mol. The molecule has 0 spiro atoms. The normalized spacial score (nSPS) is 11.8. The topological polar surface area (TPSA) is 105 Å². The summed E-state index contributed by atoms with van der Waals surface area (Å²) in [7, 11) is 0. The molecule has 0 radical (unpaired) electrons. The fourth-order valence-corrected chi connectivity index (χ4v) is 1.27. The molecule has 0 aliphatic rings. The molecule has 1 rings (SSSR count). The van der Waals surface area contributed by atoms with E-state index in [2.05, 4.69) is 4.74 Å². The molecule has 1 atom stereocenters. The highest BCUT2D eigenvalue weighted by atomic mass is 19.1. The second kappa shape index (κ2) is 6.75. The molecule has 1 aromatic carbocycles. The summed E-state index contributed by atoms with van der Waals surface area (Å²) in [6.07, 6.45) is 0. The van der Waals surface area contributed by atoms with Gasteiger partial charge in [-0.05, 0) is 6.92 Å². The van der Waals surface area contributed by atoms with Crippen LogP contribution in [0.3, 0.4) is 0 Å². The fourth-order valence-electron chi connectivity index (χ4n) is 1.27. The molecule has 7 nitrogen and oxygen atoms in total. The molecule has 0 fully saturated rings. The number of nitrogens with two attached hydrogens (primary N) is 1. The zero-order chi connectivity index (χ0) is 15.3. The standard InChI is InChI=1S/C11H12F2N2O5/c1-2-19-11(16)8(14)5-20-10-4-6(12)9(15(17)18)3-7(10)13/h3-4,8H,2,5,14H2,1H3. The SMILES string of the molecule is CCOC(=O)C(N)COc1cc(F)c([N+](=O)[O-])cc1F. The van der Waals surface area contributed by atoms with E-state index in [1.807, 2.05) is 0 Å². The number of ether oxygens (including phenoxy) is 2. The first-order valence-electron chi connectivity index (χ1n) is 5.55. The third-order valence-electron chi connectivity index (χ3n) is 2.21. The number of nitro groups is 1. The Bertz CT molecular complexity index is 524. The highest BCUT2D eigenvalue weighted by Crippen LogP contribution is 2.26. The van der Waals surface area contributed by atoms with Gasteiger partial charge in [-0.2, -0.15) is 4.39 Å². The largest absolute Gasteiger partial charge is 0.488 e. The van der Waals surface area contributed by atoms with Gasteiger partial charge in [0.25, 0.3) is 0 Å². The Balaban J connectivity index is 2.76. The second-order valence-corrected chi connectivity index (χ2v) is 3.66. The highest BCUT2D eigenvalue weighted by molar-refractivity contribution is 5.75. The van der Waals surface area contributed by atoms with Crippen LogP contribution in [0.5, 0.6) is 5.75 Å². The van der Waals surface area contributed by atoms with Gasteiger partial charge in [-0.15, -0.1) is 0 Å². The number of benzene rings is 1. The molecule has 2 N–H and O–H groups in total. The molecule has 0 bridgehead atoms. The third kappa shape index (κ3) is 3.85. The van der Waals surface area contributed by atoms with Crippen molar-refractivity contribution in [1.82, 2.24) is 0 Å². The van der Waals surface area contributed by atoms with Crippen LogP contribution in [0.1, 0.15) is 6.92 Å². The summed E-state index contributed by atoms with van der Waals surface area (Å²) in [5.41, 5.74) is 4.38. The van der Waals surface area contributed by atoms with Crippen LogP contribution in [0.2, 0.25) is 0 Å². The van der Waals surface area contributed by atoms with Crippen LogP contribution < -0.4 is 10.5 Å². The quantitative estimate of drug-likeness (QED) is 0.478. The average Bonchev–Trinajstić information content (AvgIpc) is 2.38. The van der Waals surface area contributed by atoms with Gasteiger partial charge >= 0.3 is 11.7 Å². The smallest absolute Gasteiger partial charge is 0.326 e. The van der Waals surface area contributed by atoms with Gasteiger partial charge in [0.15, 0.2) is 11.6 Å². The minimum absolute atomic E-state index is 0.118. The molecule has 0 aliphatic carbocycles. The van der Waals surface area contributed by atoms with E-state index in [0.29, 0.717) is 12.1 Å². The van der Waals surface area contributed by atoms with Crippen molar-refractivity contribution >= 4 is 11.7 Å². The number of nitrogens with zero attached hydrogens (tertiary/aromatic N) is 1. The molecule has 1 unspecified atom stereocenters. The van der Waals surface area contributed by atoms with E-state index >= 15 is 0 Å². The first kappa shape index (κ1) is 15.8. The number of rotatable bonds is 6. The minimum atomic E-state index is -1.25. The Hall–Kier alpha value is -2.29.